The Morgan fingerprint density at radius 3 is 2.76 bits per heavy atom. The lowest BCUT2D eigenvalue weighted by molar-refractivity contribution is -0.119. The first-order valence-corrected chi connectivity index (χ1v) is 12.7. The van der Waals surface area contributed by atoms with Gasteiger partial charge in [0.1, 0.15) is 11.7 Å². The number of aromatic nitrogens is 4. The Morgan fingerprint density at radius 2 is 1.95 bits per heavy atom. The van der Waals surface area contributed by atoms with Gasteiger partial charge in [-0.3, -0.25) is 14.8 Å². The van der Waals surface area contributed by atoms with E-state index in [9.17, 15) is 10.1 Å². The molecule has 0 spiro atoms. The molecule has 4 aromatic rings. The van der Waals surface area contributed by atoms with Crippen LogP contribution in [0.15, 0.2) is 48.8 Å². The molecular formula is C28H28N8O. The van der Waals surface area contributed by atoms with Crippen LogP contribution in [0.5, 0.6) is 0 Å². The summed E-state index contributed by atoms with van der Waals surface area (Å²) in [4.78, 5) is 27.3. The molecule has 9 heteroatoms. The highest BCUT2D eigenvalue weighted by Gasteiger charge is 2.41. The van der Waals surface area contributed by atoms with E-state index < -0.39 is 6.04 Å². The molecule has 2 aromatic heterocycles. The molecule has 1 saturated carbocycles. The summed E-state index contributed by atoms with van der Waals surface area (Å²) in [6.07, 6.45) is 9.07. The summed E-state index contributed by atoms with van der Waals surface area (Å²) in [6.45, 7) is 3.85. The second-order valence-corrected chi connectivity index (χ2v) is 9.86. The molecule has 6 rings (SSSR count). The topological polar surface area (TPSA) is 114 Å². The number of carbonyl (C=O) groups excluding carboxylic acids is 1. The number of aromatic amines is 1. The third kappa shape index (κ3) is 4.04. The van der Waals surface area contributed by atoms with E-state index in [2.05, 4.69) is 31.5 Å². The smallest absolute Gasteiger partial charge is 0.254 e. The van der Waals surface area contributed by atoms with Gasteiger partial charge in [0.2, 0.25) is 5.95 Å². The van der Waals surface area contributed by atoms with E-state index in [1.807, 2.05) is 44.2 Å². The van der Waals surface area contributed by atoms with Crippen LogP contribution in [-0.2, 0) is 4.79 Å². The number of hydrogen-bond donors (Lipinski definition) is 2. The molecule has 2 N–H and O–H groups in total. The minimum Gasteiger partial charge on any atom is -0.340 e. The number of benzene rings is 2. The Bertz CT molecular complexity index is 1530. The molecule has 0 unspecified atom stereocenters. The number of anilines is 5. The van der Waals surface area contributed by atoms with E-state index in [0.29, 0.717) is 22.9 Å². The summed E-state index contributed by atoms with van der Waals surface area (Å²) >= 11 is 0. The van der Waals surface area contributed by atoms with Gasteiger partial charge >= 0.3 is 0 Å². The third-order valence-electron chi connectivity index (χ3n) is 7.49. The van der Waals surface area contributed by atoms with Crippen molar-refractivity contribution in [2.75, 3.05) is 15.1 Å². The number of nitrogens with zero attached hydrogens (tertiary/aromatic N) is 6. The number of amides is 1. The second-order valence-electron chi connectivity index (χ2n) is 9.86. The molecule has 3 heterocycles. The number of H-pyrrole nitrogens is 1. The van der Waals surface area contributed by atoms with Crippen LogP contribution >= 0.6 is 0 Å². The summed E-state index contributed by atoms with van der Waals surface area (Å²) in [7, 11) is 0. The molecule has 1 atom stereocenters. The van der Waals surface area contributed by atoms with Crippen molar-refractivity contribution < 1.29 is 4.79 Å². The minimum absolute atomic E-state index is 0.0412. The van der Waals surface area contributed by atoms with Crippen LogP contribution in [0.4, 0.5) is 28.8 Å². The summed E-state index contributed by atoms with van der Waals surface area (Å²) in [5.41, 5.74) is 4.52. The van der Waals surface area contributed by atoms with Gasteiger partial charge in [-0.05, 0) is 62.6 Å². The van der Waals surface area contributed by atoms with Crippen LogP contribution in [0.1, 0.15) is 50.2 Å². The molecule has 1 aliphatic carbocycles. The number of carbonyl (C=O) groups is 1. The first kappa shape index (κ1) is 23.0. The Hall–Kier alpha value is -4.45. The van der Waals surface area contributed by atoms with Crippen molar-refractivity contribution in [1.82, 2.24) is 20.2 Å². The van der Waals surface area contributed by atoms with Crippen molar-refractivity contribution in [3.63, 3.8) is 0 Å². The van der Waals surface area contributed by atoms with E-state index in [1.165, 1.54) is 6.42 Å². The highest BCUT2D eigenvalue weighted by molar-refractivity contribution is 6.10. The van der Waals surface area contributed by atoms with Gasteiger partial charge in [-0.15, -0.1) is 0 Å². The summed E-state index contributed by atoms with van der Waals surface area (Å²) < 4.78 is 0. The minimum atomic E-state index is -0.396. The van der Waals surface area contributed by atoms with E-state index in [-0.39, 0.29) is 11.9 Å². The molecule has 0 radical (unpaired) electrons. The fourth-order valence-electron chi connectivity index (χ4n) is 5.52. The number of fused-ring (bicyclic) bond motifs is 2. The summed E-state index contributed by atoms with van der Waals surface area (Å²) in [6, 6.07) is 13.5. The highest BCUT2D eigenvalue weighted by atomic mass is 16.2. The predicted octanol–water partition coefficient (Wildman–Crippen LogP) is 5.48. The Balaban J connectivity index is 1.44. The number of nitrogens with one attached hydrogen (secondary N) is 2. The molecule has 186 valence electrons. The fourth-order valence-corrected chi connectivity index (χ4v) is 5.52. The predicted molar refractivity (Wildman–Crippen MR) is 143 cm³/mol. The molecule has 0 bridgehead atoms. The van der Waals surface area contributed by atoms with Crippen molar-refractivity contribution in [2.24, 2.45) is 0 Å². The zero-order valence-corrected chi connectivity index (χ0v) is 20.9. The number of rotatable bonds is 4. The van der Waals surface area contributed by atoms with Gasteiger partial charge in [-0.2, -0.15) is 15.3 Å². The van der Waals surface area contributed by atoms with E-state index in [4.69, 9.17) is 4.98 Å². The first-order chi connectivity index (χ1) is 18.0. The van der Waals surface area contributed by atoms with E-state index >= 15 is 0 Å². The van der Waals surface area contributed by atoms with Gasteiger partial charge < -0.3 is 10.2 Å². The maximum atomic E-state index is 13.8. The lowest BCUT2D eigenvalue weighted by Gasteiger charge is -2.45. The molecule has 2 aromatic carbocycles. The monoisotopic (exact) mass is 492 g/mol. The summed E-state index contributed by atoms with van der Waals surface area (Å²) in [5.74, 6) is 1.16. The van der Waals surface area contributed by atoms with Crippen LogP contribution < -0.4 is 15.1 Å². The van der Waals surface area contributed by atoms with Crippen LogP contribution in [0, 0.1) is 18.3 Å². The first-order valence-electron chi connectivity index (χ1n) is 12.7. The average molecular weight is 493 g/mol. The van der Waals surface area contributed by atoms with Crippen LogP contribution in [0.25, 0.3) is 10.9 Å². The lowest BCUT2D eigenvalue weighted by atomic mass is 9.92. The lowest BCUT2D eigenvalue weighted by Crippen LogP contribution is -2.55. The quantitative estimate of drug-likeness (QED) is 0.388. The number of aryl methyl sites for hydroxylation is 1. The SMILES string of the molecule is Cc1ccc(N2C(=O)[C@@H](C)N(C3CCCCC3)c3nc(Nc4ccc5[nH]ncc5c4)ncc32)cc1C#N. The third-order valence-corrected chi connectivity index (χ3v) is 7.49. The van der Waals surface area contributed by atoms with Gasteiger partial charge in [0.15, 0.2) is 5.82 Å². The molecule has 1 fully saturated rings. The van der Waals surface area contributed by atoms with Crippen molar-refractivity contribution in [1.29, 1.82) is 5.26 Å². The molecule has 9 nitrogen and oxygen atoms in total. The van der Waals surface area contributed by atoms with E-state index in [0.717, 1.165) is 53.7 Å². The average Bonchev–Trinajstić information content (AvgIpc) is 3.39. The Morgan fingerprint density at radius 1 is 1.11 bits per heavy atom. The molecule has 1 aliphatic heterocycles. The maximum absolute atomic E-state index is 13.8. The van der Waals surface area contributed by atoms with Crippen molar-refractivity contribution in [3.05, 3.63) is 59.9 Å². The van der Waals surface area contributed by atoms with Crippen molar-refractivity contribution in [2.45, 2.75) is 58.0 Å². The molecule has 2 aliphatic rings. The molecular weight excluding hydrogens is 464 g/mol. The normalized spacial score (nSPS) is 18.1. The van der Waals surface area contributed by atoms with E-state index in [1.54, 1.807) is 23.4 Å². The van der Waals surface area contributed by atoms with Crippen molar-refractivity contribution in [3.8, 4) is 6.07 Å². The van der Waals surface area contributed by atoms with Gasteiger partial charge in [0, 0.05) is 17.1 Å². The maximum Gasteiger partial charge on any atom is 0.254 e. The van der Waals surface area contributed by atoms with Crippen molar-refractivity contribution >= 4 is 45.6 Å². The van der Waals surface area contributed by atoms with Gasteiger partial charge in [0.05, 0.1) is 35.2 Å². The largest absolute Gasteiger partial charge is 0.340 e. The molecule has 1 amide bonds. The van der Waals surface area contributed by atoms with Crippen LogP contribution in [0.3, 0.4) is 0 Å². The van der Waals surface area contributed by atoms with Crippen LogP contribution in [0.2, 0.25) is 0 Å². The molecule has 0 saturated heterocycles. The standard InChI is InChI=1S/C28H28N8O/c1-17-8-10-23(13-19(17)14-29)36-25-16-30-28(32-21-9-11-24-20(12-21)15-31-34-24)33-26(25)35(18(2)27(36)37)22-6-4-3-5-7-22/h8-13,15-16,18,22H,3-7H2,1-2H3,(H,31,34)(H,30,32,33)/t18-/m1/s1. The zero-order valence-electron chi connectivity index (χ0n) is 20.9. The second kappa shape index (κ2) is 9.21. The van der Waals surface area contributed by atoms with Crippen LogP contribution in [-0.4, -0.2) is 38.2 Å². The van der Waals surface area contributed by atoms with Gasteiger partial charge in [0.25, 0.3) is 5.91 Å². The summed E-state index contributed by atoms with van der Waals surface area (Å²) in [5, 5.41) is 21.0. The fraction of sp³-hybridized carbons (Fsp3) is 0.321. The number of nitriles is 1. The van der Waals surface area contributed by atoms with Gasteiger partial charge in [-0.25, -0.2) is 4.98 Å². The van der Waals surface area contributed by atoms with Gasteiger partial charge in [-0.1, -0.05) is 25.3 Å². The Kier molecular flexibility index (Phi) is 5.72. The zero-order chi connectivity index (χ0) is 25.5. The Labute approximate surface area is 215 Å². The molecule has 37 heavy (non-hydrogen) atoms. The number of hydrogen-bond acceptors (Lipinski definition) is 7. The highest BCUT2D eigenvalue weighted by Crippen LogP contribution is 2.42.